The fourth-order valence-corrected chi connectivity index (χ4v) is 9.82. The number of rotatable bonds is 15. The Hall–Kier alpha value is -5.11. The minimum atomic E-state index is -1.30. The molecule has 0 unspecified atom stereocenters. The van der Waals surface area contributed by atoms with Crippen LogP contribution in [0.1, 0.15) is 91.0 Å². The molecule has 17 heteroatoms. The monoisotopic (exact) mass is 953 g/mol. The van der Waals surface area contributed by atoms with Crippen LogP contribution in [0.2, 0.25) is 51.4 Å². The highest BCUT2D eigenvalue weighted by atomic mass is 28.3. The molecule has 5 heterocycles. The van der Waals surface area contributed by atoms with Crippen LogP contribution >= 0.6 is 0 Å². The Morgan fingerprint density at radius 2 is 1.07 bits per heavy atom. The summed E-state index contributed by atoms with van der Waals surface area (Å²) in [5.41, 5.74) is 4.10. The summed E-state index contributed by atoms with van der Waals surface area (Å²) in [6.45, 7) is 28.4. The number of ether oxygens (including phenoxy) is 4. The Bertz CT molecular complexity index is 2530. The van der Waals surface area contributed by atoms with Gasteiger partial charge < -0.3 is 33.2 Å². The van der Waals surface area contributed by atoms with Crippen LogP contribution in [0, 0.1) is 0 Å². The standard InChI is InChI=1S/C50H72N8O7Si2/c1-49(2,3)64-47(60)57-23-13-15-41(57)44-52-39(30-55(44)32-62-25-27-66(7,8)9)34-17-19-35(20-18-34)43-46(59)54-38-29-36(21-22-37(38)51-43)40-31-56(33-63-26-28-67(10,11)12)45(53-40)42-16-14-24-58(42)48(61)65-50(4,5)6/h17-22,29-31,41-42H,13-16,23-28,32-33H2,1-12H3,(H,54,59)/t41-,42-/m0/s1. The molecule has 2 fully saturated rings. The summed E-state index contributed by atoms with van der Waals surface area (Å²) >= 11 is 0. The van der Waals surface area contributed by atoms with E-state index in [9.17, 15) is 14.7 Å². The molecule has 2 saturated heterocycles. The van der Waals surface area contributed by atoms with Crippen molar-refractivity contribution in [1.29, 1.82) is 0 Å². The summed E-state index contributed by atoms with van der Waals surface area (Å²) in [6, 6.07) is 15.1. The van der Waals surface area contributed by atoms with Crippen molar-refractivity contribution in [2.75, 3.05) is 26.3 Å². The van der Waals surface area contributed by atoms with Gasteiger partial charge in [0.2, 0.25) is 5.88 Å². The summed E-state index contributed by atoms with van der Waals surface area (Å²) in [6.07, 6.45) is 6.51. The number of hydrogen-bond donors (Lipinski definition) is 1. The molecule has 3 aromatic heterocycles. The minimum absolute atomic E-state index is 0.191. The smallest absolute Gasteiger partial charge is 0.410 e. The summed E-state index contributed by atoms with van der Waals surface area (Å²) in [5.74, 6) is 1.32. The van der Waals surface area contributed by atoms with Crippen molar-refractivity contribution in [3.63, 3.8) is 0 Å². The summed E-state index contributed by atoms with van der Waals surface area (Å²) in [7, 11) is -2.59. The highest BCUT2D eigenvalue weighted by Crippen LogP contribution is 2.38. The van der Waals surface area contributed by atoms with Gasteiger partial charge in [-0.2, -0.15) is 0 Å². The number of carbonyl (C=O) groups is 2. The van der Waals surface area contributed by atoms with Gasteiger partial charge in [-0.15, -0.1) is 0 Å². The zero-order valence-electron chi connectivity index (χ0n) is 41.8. The molecule has 0 radical (unpaired) electrons. The molecule has 15 nitrogen and oxygen atoms in total. The van der Waals surface area contributed by atoms with Gasteiger partial charge in [-0.3, -0.25) is 9.80 Å². The van der Waals surface area contributed by atoms with Gasteiger partial charge in [-0.25, -0.2) is 29.5 Å². The Morgan fingerprint density at radius 3 is 1.54 bits per heavy atom. The zero-order valence-corrected chi connectivity index (χ0v) is 43.8. The Balaban J connectivity index is 1.14. The van der Waals surface area contributed by atoms with E-state index in [1.165, 1.54) is 0 Å². The molecular formula is C50H72N8O7Si2. The number of aromatic nitrogens is 6. The van der Waals surface area contributed by atoms with Crippen molar-refractivity contribution in [3.05, 3.63) is 66.5 Å². The molecule has 0 spiro atoms. The SMILES string of the molecule is CC(C)(C)OC(=O)N1CCC[C@H]1c1nc(-c2ccc(-c3nc4ccc(-c5cn(COCC[Si](C)(C)C)c([C@@H]6CCCN6C(=O)OC(C)(C)C)n5)cc4nc3O)cc2)cn1COCC[Si](C)(C)C. The second-order valence-electron chi connectivity index (χ2n) is 22.4. The van der Waals surface area contributed by atoms with Crippen LogP contribution in [0.4, 0.5) is 9.59 Å². The second-order valence-corrected chi connectivity index (χ2v) is 33.7. The maximum Gasteiger partial charge on any atom is 0.410 e. The number of benzene rings is 2. The first-order valence-corrected chi connectivity index (χ1v) is 31.2. The molecule has 2 amide bonds. The summed E-state index contributed by atoms with van der Waals surface area (Å²) in [5, 5.41) is 11.4. The van der Waals surface area contributed by atoms with Crippen LogP contribution in [0.15, 0.2) is 54.9 Å². The average Bonchev–Trinajstić information content (AvgIpc) is 4.05. The first kappa shape index (κ1) is 49.8. The lowest BCUT2D eigenvalue weighted by molar-refractivity contribution is 0.0194. The van der Waals surface area contributed by atoms with E-state index in [0.29, 0.717) is 67.7 Å². The van der Waals surface area contributed by atoms with Crippen molar-refractivity contribution >= 4 is 39.4 Å². The minimum Gasteiger partial charge on any atom is -0.492 e. The van der Waals surface area contributed by atoms with Gasteiger partial charge in [0.25, 0.3) is 0 Å². The van der Waals surface area contributed by atoms with E-state index in [1.807, 2.05) is 106 Å². The van der Waals surface area contributed by atoms with E-state index in [0.717, 1.165) is 66.2 Å². The lowest BCUT2D eigenvalue weighted by Gasteiger charge is -2.28. The maximum atomic E-state index is 13.4. The molecule has 2 aromatic carbocycles. The van der Waals surface area contributed by atoms with Crippen molar-refractivity contribution in [2.45, 2.75) is 155 Å². The molecular weight excluding hydrogens is 881 g/mol. The molecule has 2 atom stereocenters. The van der Waals surface area contributed by atoms with E-state index in [2.05, 4.69) is 44.3 Å². The second kappa shape index (κ2) is 19.9. The third kappa shape index (κ3) is 12.9. The van der Waals surface area contributed by atoms with Gasteiger partial charge in [-0.1, -0.05) is 69.6 Å². The molecule has 362 valence electrons. The largest absolute Gasteiger partial charge is 0.492 e. The van der Waals surface area contributed by atoms with Gasteiger partial charge in [0.05, 0.1) is 34.5 Å². The molecule has 5 aromatic rings. The number of aromatic hydroxyl groups is 1. The van der Waals surface area contributed by atoms with E-state index < -0.39 is 27.3 Å². The van der Waals surface area contributed by atoms with Crippen molar-refractivity contribution in [3.8, 4) is 39.7 Å². The van der Waals surface area contributed by atoms with E-state index in [-0.39, 0.29) is 30.2 Å². The molecule has 0 bridgehead atoms. The number of amides is 2. The third-order valence-electron chi connectivity index (χ3n) is 11.8. The summed E-state index contributed by atoms with van der Waals surface area (Å²) < 4.78 is 28.1. The number of fused-ring (bicyclic) bond motifs is 1. The Morgan fingerprint density at radius 1 is 0.627 bits per heavy atom. The van der Waals surface area contributed by atoms with Crippen LogP contribution in [0.3, 0.4) is 0 Å². The van der Waals surface area contributed by atoms with Gasteiger partial charge >= 0.3 is 12.2 Å². The molecule has 2 aliphatic heterocycles. The zero-order chi connectivity index (χ0) is 48.5. The number of likely N-dealkylation sites (tertiary alicyclic amines) is 2. The topological polar surface area (TPSA) is 159 Å². The number of carbonyl (C=O) groups excluding carboxylic acids is 2. The van der Waals surface area contributed by atoms with Gasteiger partial charge in [0.1, 0.15) is 42.0 Å². The van der Waals surface area contributed by atoms with Crippen molar-refractivity contribution in [1.82, 2.24) is 38.9 Å². The van der Waals surface area contributed by atoms with E-state index >= 15 is 0 Å². The lowest BCUT2D eigenvalue weighted by Crippen LogP contribution is -2.37. The fraction of sp³-hybridized carbons (Fsp3) is 0.560. The predicted molar refractivity (Wildman–Crippen MR) is 267 cm³/mol. The van der Waals surface area contributed by atoms with Crippen LogP contribution in [0.5, 0.6) is 5.88 Å². The van der Waals surface area contributed by atoms with Crippen LogP contribution in [0.25, 0.3) is 44.8 Å². The van der Waals surface area contributed by atoms with Crippen LogP contribution < -0.4 is 0 Å². The first-order chi connectivity index (χ1) is 31.4. The quantitative estimate of drug-likeness (QED) is 0.0786. The van der Waals surface area contributed by atoms with Gasteiger partial charge in [-0.05, 0) is 91.4 Å². The Kier molecular flexibility index (Phi) is 14.8. The molecule has 67 heavy (non-hydrogen) atoms. The van der Waals surface area contributed by atoms with Crippen LogP contribution in [-0.2, 0) is 32.4 Å². The molecule has 1 N–H and O–H groups in total. The fourth-order valence-electron chi connectivity index (χ4n) is 8.31. The number of imidazole rings is 2. The summed E-state index contributed by atoms with van der Waals surface area (Å²) in [4.78, 5) is 50.0. The van der Waals surface area contributed by atoms with Crippen molar-refractivity contribution < 1.29 is 33.6 Å². The average molecular weight is 953 g/mol. The van der Waals surface area contributed by atoms with Gasteiger partial charge in [0.15, 0.2) is 0 Å². The highest BCUT2D eigenvalue weighted by Gasteiger charge is 2.38. The molecule has 7 rings (SSSR count). The van der Waals surface area contributed by atoms with Crippen molar-refractivity contribution in [2.24, 2.45) is 0 Å². The molecule has 0 saturated carbocycles. The lowest BCUT2D eigenvalue weighted by atomic mass is 10.1. The van der Waals surface area contributed by atoms with Gasteiger partial charge in [0, 0.05) is 71.5 Å². The predicted octanol–water partition coefficient (Wildman–Crippen LogP) is 11.5. The highest BCUT2D eigenvalue weighted by molar-refractivity contribution is 6.76. The number of hydrogen-bond acceptors (Lipinski definition) is 11. The number of nitrogens with zero attached hydrogens (tertiary/aromatic N) is 8. The molecule has 0 aliphatic carbocycles. The normalized spacial score (nSPS) is 17.2. The molecule has 2 aliphatic rings. The third-order valence-corrected chi connectivity index (χ3v) is 15.2. The first-order valence-electron chi connectivity index (χ1n) is 23.8. The van der Waals surface area contributed by atoms with Crippen LogP contribution in [-0.4, -0.2) is 110 Å². The maximum absolute atomic E-state index is 13.4. The Labute approximate surface area is 398 Å². The van der Waals surface area contributed by atoms with E-state index in [1.54, 1.807) is 9.80 Å². The van der Waals surface area contributed by atoms with E-state index in [4.69, 9.17) is 33.9 Å².